The molecule has 1 fully saturated rings. The second kappa shape index (κ2) is 9.73. The Hall–Kier alpha value is -2.90. The van der Waals surface area contributed by atoms with E-state index in [0.717, 1.165) is 25.0 Å². The number of aryl methyl sites for hydroxylation is 1. The Morgan fingerprint density at radius 1 is 1.10 bits per heavy atom. The zero-order chi connectivity index (χ0) is 21.6. The van der Waals surface area contributed by atoms with Crippen LogP contribution in [0.1, 0.15) is 40.7 Å². The van der Waals surface area contributed by atoms with Crippen molar-refractivity contribution in [2.75, 3.05) is 19.6 Å². The predicted octanol–water partition coefficient (Wildman–Crippen LogP) is 3.70. The van der Waals surface area contributed by atoms with E-state index in [-0.39, 0.29) is 18.2 Å². The average molecular weight is 419 g/mol. The first-order valence-electron chi connectivity index (χ1n) is 9.95. The van der Waals surface area contributed by atoms with Gasteiger partial charge in [0.1, 0.15) is 0 Å². The zero-order valence-electron chi connectivity index (χ0n) is 16.5. The number of alkyl halides is 3. The van der Waals surface area contributed by atoms with Gasteiger partial charge in [0.05, 0.1) is 11.1 Å². The third kappa shape index (κ3) is 6.05. The molecule has 160 valence electrons. The first-order valence-corrected chi connectivity index (χ1v) is 9.95. The van der Waals surface area contributed by atoms with Crippen LogP contribution in [-0.4, -0.2) is 41.3 Å². The largest absolute Gasteiger partial charge is 0.416 e. The Morgan fingerprint density at radius 2 is 1.80 bits per heavy atom. The number of amides is 2. The third-order valence-electron chi connectivity index (χ3n) is 5.32. The lowest BCUT2D eigenvalue weighted by atomic mass is 9.96. The Bertz CT molecular complexity index is 846. The van der Waals surface area contributed by atoms with Gasteiger partial charge in [-0.2, -0.15) is 13.2 Å². The van der Waals surface area contributed by atoms with Crippen LogP contribution in [0.3, 0.4) is 0 Å². The van der Waals surface area contributed by atoms with E-state index in [1.807, 2.05) is 0 Å². The Kier molecular flexibility index (Phi) is 7.07. The van der Waals surface area contributed by atoms with Crippen LogP contribution in [0, 0.1) is 5.92 Å². The van der Waals surface area contributed by atoms with E-state index in [0.29, 0.717) is 43.1 Å². The van der Waals surface area contributed by atoms with E-state index in [1.54, 1.807) is 29.4 Å². The summed E-state index contributed by atoms with van der Waals surface area (Å²) >= 11 is 0. The van der Waals surface area contributed by atoms with E-state index < -0.39 is 11.7 Å². The van der Waals surface area contributed by atoms with Gasteiger partial charge in [0.25, 0.3) is 5.91 Å². The number of pyridine rings is 1. The molecule has 30 heavy (non-hydrogen) atoms. The zero-order valence-corrected chi connectivity index (χ0v) is 16.5. The molecule has 0 saturated carbocycles. The molecule has 1 aliphatic rings. The lowest BCUT2D eigenvalue weighted by Gasteiger charge is -2.32. The van der Waals surface area contributed by atoms with Crippen LogP contribution in [0.25, 0.3) is 0 Å². The number of rotatable bonds is 6. The molecular weight excluding hydrogens is 395 g/mol. The van der Waals surface area contributed by atoms with Gasteiger partial charge in [-0.05, 0) is 55.0 Å². The van der Waals surface area contributed by atoms with Crippen LogP contribution in [-0.2, 0) is 17.4 Å². The molecule has 0 radical (unpaired) electrons. The minimum Gasteiger partial charge on any atom is -0.356 e. The summed E-state index contributed by atoms with van der Waals surface area (Å²) in [4.78, 5) is 30.3. The van der Waals surface area contributed by atoms with Crippen molar-refractivity contribution in [3.05, 3.63) is 65.5 Å². The van der Waals surface area contributed by atoms with Crippen molar-refractivity contribution in [2.24, 2.45) is 5.92 Å². The molecule has 1 aromatic carbocycles. The minimum absolute atomic E-state index is 0.0258. The Labute approximate surface area is 173 Å². The van der Waals surface area contributed by atoms with Crippen LogP contribution < -0.4 is 5.32 Å². The molecule has 2 heterocycles. The number of hydrogen-bond acceptors (Lipinski definition) is 3. The summed E-state index contributed by atoms with van der Waals surface area (Å²) in [5, 5.41) is 2.90. The number of carbonyl (C=O) groups excluding carboxylic acids is 2. The maximum Gasteiger partial charge on any atom is 0.416 e. The standard InChI is InChI=1S/C22H24F3N3O2/c23-22(24,25)19-6-3-16(4-7-19)5-8-20(29)27-14-17-9-12-28(13-10-17)21(30)18-2-1-11-26-15-18/h1-4,6-7,11,15,17H,5,8-10,12-14H2,(H,27,29). The molecule has 0 spiro atoms. The van der Waals surface area contributed by atoms with Gasteiger partial charge in [0, 0.05) is 38.4 Å². The smallest absolute Gasteiger partial charge is 0.356 e. The van der Waals surface area contributed by atoms with Crippen molar-refractivity contribution >= 4 is 11.8 Å². The van der Waals surface area contributed by atoms with Gasteiger partial charge in [0.15, 0.2) is 0 Å². The molecule has 0 atom stereocenters. The summed E-state index contributed by atoms with van der Waals surface area (Å²) in [6, 6.07) is 8.37. The molecule has 1 aliphatic heterocycles. The van der Waals surface area contributed by atoms with Gasteiger partial charge >= 0.3 is 6.18 Å². The number of hydrogen-bond donors (Lipinski definition) is 1. The van der Waals surface area contributed by atoms with Gasteiger partial charge in [-0.25, -0.2) is 0 Å². The van der Waals surface area contributed by atoms with Crippen LogP contribution >= 0.6 is 0 Å². The lowest BCUT2D eigenvalue weighted by Crippen LogP contribution is -2.41. The van der Waals surface area contributed by atoms with Crippen LogP contribution in [0.5, 0.6) is 0 Å². The van der Waals surface area contributed by atoms with Gasteiger partial charge in [-0.1, -0.05) is 12.1 Å². The topological polar surface area (TPSA) is 62.3 Å². The number of benzene rings is 1. The predicted molar refractivity (Wildman–Crippen MR) is 106 cm³/mol. The normalized spacial score (nSPS) is 15.1. The highest BCUT2D eigenvalue weighted by Crippen LogP contribution is 2.29. The molecule has 1 saturated heterocycles. The van der Waals surface area contributed by atoms with E-state index >= 15 is 0 Å². The average Bonchev–Trinajstić information content (AvgIpc) is 2.76. The van der Waals surface area contributed by atoms with Crippen LogP contribution in [0.15, 0.2) is 48.8 Å². The fraction of sp³-hybridized carbons (Fsp3) is 0.409. The van der Waals surface area contributed by atoms with Crippen molar-refractivity contribution in [1.82, 2.24) is 15.2 Å². The van der Waals surface area contributed by atoms with E-state index in [1.165, 1.54) is 12.1 Å². The quantitative estimate of drug-likeness (QED) is 0.777. The third-order valence-corrected chi connectivity index (χ3v) is 5.32. The number of likely N-dealkylation sites (tertiary alicyclic amines) is 1. The number of carbonyl (C=O) groups is 2. The van der Waals surface area contributed by atoms with Crippen molar-refractivity contribution in [1.29, 1.82) is 0 Å². The number of halogens is 3. The lowest BCUT2D eigenvalue weighted by molar-refractivity contribution is -0.137. The Morgan fingerprint density at radius 3 is 2.40 bits per heavy atom. The molecular formula is C22H24F3N3O2. The fourth-order valence-electron chi connectivity index (χ4n) is 3.48. The molecule has 5 nitrogen and oxygen atoms in total. The molecule has 2 amide bonds. The monoisotopic (exact) mass is 419 g/mol. The van der Waals surface area contributed by atoms with Crippen molar-refractivity contribution in [3.63, 3.8) is 0 Å². The number of piperidine rings is 1. The molecule has 2 aromatic rings. The first-order chi connectivity index (χ1) is 14.3. The van der Waals surface area contributed by atoms with E-state index in [4.69, 9.17) is 0 Å². The number of aromatic nitrogens is 1. The van der Waals surface area contributed by atoms with Crippen LogP contribution in [0.4, 0.5) is 13.2 Å². The highest BCUT2D eigenvalue weighted by molar-refractivity contribution is 5.93. The molecule has 0 unspecified atom stereocenters. The molecule has 8 heteroatoms. The maximum absolute atomic E-state index is 12.6. The summed E-state index contributed by atoms with van der Waals surface area (Å²) < 4.78 is 37.7. The Balaban J connectivity index is 1.36. The first kappa shape index (κ1) is 21.8. The summed E-state index contributed by atoms with van der Waals surface area (Å²) in [6.45, 7) is 1.82. The molecule has 1 N–H and O–H groups in total. The van der Waals surface area contributed by atoms with Crippen molar-refractivity contribution in [3.8, 4) is 0 Å². The molecule has 0 bridgehead atoms. The molecule has 1 aromatic heterocycles. The summed E-state index contributed by atoms with van der Waals surface area (Å²) in [7, 11) is 0. The van der Waals surface area contributed by atoms with E-state index in [2.05, 4.69) is 10.3 Å². The highest BCUT2D eigenvalue weighted by atomic mass is 19.4. The molecule has 3 rings (SSSR count). The van der Waals surface area contributed by atoms with Gasteiger partial charge < -0.3 is 10.2 Å². The SMILES string of the molecule is O=C(CCc1ccc(C(F)(F)F)cc1)NCC1CCN(C(=O)c2cccnc2)CC1. The van der Waals surface area contributed by atoms with Crippen molar-refractivity contribution < 1.29 is 22.8 Å². The minimum atomic E-state index is -4.35. The summed E-state index contributed by atoms with van der Waals surface area (Å²) in [6.07, 6.45) is 1.07. The van der Waals surface area contributed by atoms with Gasteiger partial charge in [-0.15, -0.1) is 0 Å². The van der Waals surface area contributed by atoms with Crippen molar-refractivity contribution in [2.45, 2.75) is 31.9 Å². The summed E-state index contributed by atoms with van der Waals surface area (Å²) in [5.41, 5.74) is 0.581. The maximum atomic E-state index is 12.6. The van der Waals surface area contributed by atoms with Gasteiger partial charge in [-0.3, -0.25) is 14.6 Å². The molecule has 0 aliphatic carbocycles. The number of nitrogens with zero attached hydrogens (tertiary/aromatic N) is 2. The van der Waals surface area contributed by atoms with Crippen LogP contribution in [0.2, 0.25) is 0 Å². The fourth-order valence-corrected chi connectivity index (χ4v) is 3.48. The van der Waals surface area contributed by atoms with Gasteiger partial charge in [0.2, 0.25) is 5.91 Å². The highest BCUT2D eigenvalue weighted by Gasteiger charge is 2.30. The summed E-state index contributed by atoms with van der Waals surface area (Å²) in [5.74, 6) is 0.156. The van der Waals surface area contributed by atoms with E-state index in [9.17, 15) is 22.8 Å². The second-order valence-corrected chi connectivity index (χ2v) is 7.48. The number of nitrogens with one attached hydrogen (secondary N) is 1. The second-order valence-electron chi connectivity index (χ2n) is 7.48.